The molecule has 0 radical (unpaired) electrons. The standard InChI is InChI=1S/C22H29N7O2S2/c1-15-20(16(2)29(24-15)19-8-10-33(30,31)13-19)12-26(3)14-27-22(32)28(18-6-7-18)21(25-27)17-5-4-9-23-11-17/h4-5,9,11,18-19H,6-8,10,12-14H2,1-3H3/t19-/m1/s1. The summed E-state index contributed by atoms with van der Waals surface area (Å²) in [5.74, 6) is 1.29. The number of sulfone groups is 1. The number of pyridine rings is 1. The lowest BCUT2D eigenvalue weighted by Gasteiger charge is -2.17. The minimum absolute atomic E-state index is 0.0716. The first kappa shape index (κ1) is 22.4. The van der Waals surface area contributed by atoms with Crippen LogP contribution < -0.4 is 0 Å². The molecule has 0 N–H and O–H groups in total. The summed E-state index contributed by atoms with van der Waals surface area (Å²) in [5.41, 5.74) is 4.07. The largest absolute Gasteiger partial charge is 0.297 e. The predicted molar refractivity (Wildman–Crippen MR) is 128 cm³/mol. The molecule has 1 aliphatic carbocycles. The molecule has 9 nitrogen and oxygen atoms in total. The van der Waals surface area contributed by atoms with Crippen molar-refractivity contribution in [2.45, 2.75) is 58.4 Å². The molecule has 0 spiro atoms. The Morgan fingerprint density at radius 2 is 1.97 bits per heavy atom. The number of aryl methyl sites for hydroxylation is 1. The van der Waals surface area contributed by atoms with Crippen molar-refractivity contribution in [2.75, 3.05) is 18.6 Å². The summed E-state index contributed by atoms with van der Waals surface area (Å²) in [4.78, 5) is 6.41. The Hall–Kier alpha value is -2.37. The van der Waals surface area contributed by atoms with Gasteiger partial charge in [-0.2, -0.15) is 10.2 Å². The fourth-order valence-electron chi connectivity index (χ4n) is 4.66. The zero-order valence-corrected chi connectivity index (χ0v) is 20.8. The van der Waals surface area contributed by atoms with Crippen LogP contribution in [-0.4, -0.2) is 61.0 Å². The van der Waals surface area contributed by atoms with Crippen molar-refractivity contribution in [1.29, 1.82) is 0 Å². The number of aromatic nitrogens is 6. The molecule has 1 aliphatic heterocycles. The normalized spacial score (nSPS) is 20.1. The Kier molecular flexibility index (Phi) is 5.74. The third kappa shape index (κ3) is 4.41. The second-order valence-corrected chi connectivity index (χ2v) is 11.8. The molecule has 0 unspecified atom stereocenters. The molecule has 2 fully saturated rings. The molecular formula is C22H29N7O2S2. The highest BCUT2D eigenvalue weighted by atomic mass is 32.2. The maximum atomic E-state index is 11.9. The fourth-order valence-corrected chi connectivity index (χ4v) is 6.69. The highest BCUT2D eigenvalue weighted by Gasteiger charge is 2.32. The summed E-state index contributed by atoms with van der Waals surface area (Å²) in [6.07, 6.45) is 6.46. The van der Waals surface area contributed by atoms with Crippen LogP contribution in [0.5, 0.6) is 0 Å². The Morgan fingerprint density at radius 3 is 2.61 bits per heavy atom. The molecule has 0 amide bonds. The average Bonchev–Trinajstić information content (AvgIpc) is 3.40. The van der Waals surface area contributed by atoms with Crippen LogP contribution in [0, 0.1) is 18.6 Å². The predicted octanol–water partition coefficient (Wildman–Crippen LogP) is 3.07. The maximum absolute atomic E-state index is 11.9. The number of hydrogen-bond donors (Lipinski definition) is 0. The maximum Gasteiger partial charge on any atom is 0.199 e. The number of rotatable bonds is 7. The fraction of sp³-hybridized carbons (Fsp3) is 0.545. The molecule has 5 rings (SSSR count). The molecule has 11 heteroatoms. The van der Waals surface area contributed by atoms with Gasteiger partial charge in [0.05, 0.1) is 29.9 Å². The van der Waals surface area contributed by atoms with Crippen LogP contribution in [0.1, 0.15) is 48.3 Å². The Bertz CT molecular complexity index is 1340. The quantitative estimate of drug-likeness (QED) is 0.473. The molecular weight excluding hydrogens is 458 g/mol. The summed E-state index contributed by atoms with van der Waals surface area (Å²) in [6.45, 7) is 5.25. The molecule has 0 aromatic carbocycles. The van der Waals surface area contributed by atoms with Gasteiger partial charge < -0.3 is 0 Å². The lowest BCUT2D eigenvalue weighted by molar-refractivity contribution is 0.243. The van der Waals surface area contributed by atoms with Gasteiger partial charge >= 0.3 is 0 Å². The van der Waals surface area contributed by atoms with E-state index in [2.05, 4.69) is 14.5 Å². The molecule has 1 atom stereocenters. The van der Waals surface area contributed by atoms with E-state index in [0.29, 0.717) is 25.7 Å². The lowest BCUT2D eigenvalue weighted by Crippen LogP contribution is -2.23. The van der Waals surface area contributed by atoms with Gasteiger partial charge in [0.2, 0.25) is 0 Å². The number of nitrogens with zero attached hydrogens (tertiary/aromatic N) is 7. The Labute approximate surface area is 199 Å². The van der Waals surface area contributed by atoms with E-state index in [1.54, 1.807) is 6.20 Å². The zero-order valence-electron chi connectivity index (χ0n) is 19.2. The topological polar surface area (TPSA) is 90.8 Å². The van der Waals surface area contributed by atoms with Crippen molar-refractivity contribution in [3.63, 3.8) is 0 Å². The van der Waals surface area contributed by atoms with Crippen LogP contribution in [0.2, 0.25) is 0 Å². The van der Waals surface area contributed by atoms with Gasteiger partial charge in [0, 0.05) is 41.8 Å². The van der Waals surface area contributed by atoms with E-state index in [-0.39, 0.29) is 17.5 Å². The van der Waals surface area contributed by atoms with Gasteiger partial charge in [-0.3, -0.25) is 19.1 Å². The van der Waals surface area contributed by atoms with E-state index in [1.165, 1.54) is 0 Å². The highest BCUT2D eigenvalue weighted by molar-refractivity contribution is 7.91. The van der Waals surface area contributed by atoms with Gasteiger partial charge in [0.15, 0.2) is 20.4 Å². The van der Waals surface area contributed by atoms with E-state index < -0.39 is 9.84 Å². The van der Waals surface area contributed by atoms with Crippen molar-refractivity contribution in [2.24, 2.45) is 0 Å². The van der Waals surface area contributed by atoms with Crippen LogP contribution >= 0.6 is 12.2 Å². The monoisotopic (exact) mass is 487 g/mol. The average molecular weight is 488 g/mol. The summed E-state index contributed by atoms with van der Waals surface area (Å²) >= 11 is 5.80. The lowest BCUT2D eigenvalue weighted by atomic mass is 10.2. The van der Waals surface area contributed by atoms with E-state index in [1.807, 2.05) is 48.6 Å². The number of hydrogen-bond acceptors (Lipinski definition) is 7. The Balaban J connectivity index is 1.37. The van der Waals surface area contributed by atoms with Crippen LogP contribution in [-0.2, 0) is 23.1 Å². The molecule has 2 aliphatic rings. The molecule has 0 bridgehead atoms. The Morgan fingerprint density at radius 1 is 1.18 bits per heavy atom. The van der Waals surface area contributed by atoms with E-state index >= 15 is 0 Å². The zero-order chi connectivity index (χ0) is 23.3. The van der Waals surface area contributed by atoms with Crippen LogP contribution in [0.4, 0.5) is 0 Å². The molecule has 1 saturated carbocycles. The van der Waals surface area contributed by atoms with Gasteiger partial charge in [0.25, 0.3) is 0 Å². The second-order valence-electron chi connectivity index (χ2n) is 9.25. The third-order valence-corrected chi connectivity index (χ3v) is 8.69. The first-order valence-electron chi connectivity index (χ1n) is 11.3. The van der Waals surface area contributed by atoms with Crippen molar-refractivity contribution in [3.8, 4) is 11.4 Å². The third-order valence-electron chi connectivity index (χ3n) is 6.53. The minimum atomic E-state index is -2.96. The van der Waals surface area contributed by atoms with Gasteiger partial charge in [-0.1, -0.05) is 0 Å². The van der Waals surface area contributed by atoms with Crippen molar-refractivity contribution in [1.82, 2.24) is 34.0 Å². The van der Waals surface area contributed by atoms with Crippen LogP contribution in [0.25, 0.3) is 11.4 Å². The van der Waals surface area contributed by atoms with Crippen molar-refractivity contribution in [3.05, 3.63) is 46.2 Å². The van der Waals surface area contributed by atoms with Crippen LogP contribution in [0.15, 0.2) is 24.5 Å². The van der Waals surface area contributed by atoms with E-state index in [0.717, 1.165) is 46.0 Å². The summed E-state index contributed by atoms with van der Waals surface area (Å²) < 4.78 is 30.6. The van der Waals surface area contributed by atoms with Gasteiger partial charge in [0.1, 0.15) is 0 Å². The molecule has 3 aromatic heterocycles. The van der Waals surface area contributed by atoms with E-state index in [4.69, 9.17) is 22.4 Å². The highest BCUT2D eigenvalue weighted by Crippen LogP contribution is 2.38. The SMILES string of the molecule is Cc1nn([C@@H]2CCS(=O)(=O)C2)c(C)c1CN(C)Cn1nc(-c2cccnc2)n(C2CC2)c1=S. The van der Waals surface area contributed by atoms with Crippen molar-refractivity contribution < 1.29 is 8.42 Å². The molecule has 3 aromatic rings. The molecule has 1 saturated heterocycles. The van der Waals surface area contributed by atoms with E-state index in [9.17, 15) is 8.42 Å². The minimum Gasteiger partial charge on any atom is -0.297 e. The summed E-state index contributed by atoms with van der Waals surface area (Å²) in [7, 11) is -0.921. The second kappa shape index (κ2) is 8.44. The molecule has 4 heterocycles. The first-order valence-corrected chi connectivity index (χ1v) is 13.5. The first-order chi connectivity index (χ1) is 15.7. The summed E-state index contributed by atoms with van der Waals surface area (Å²) in [6, 6.07) is 4.27. The van der Waals surface area contributed by atoms with Gasteiger partial charge in [-0.15, -0.1) is 0 Å². The summed E-state index contributed by atoms with van der Waals surface area (Å²) in [5, 5.41) is 9.55. The molecule has 33 heavy (non-hydrogen) atoms. The van der Waals surface area contributed by atoms with Crippen molar-refractivity contribution >= 4 is 22.1 Å². The molecule has 176 valence electrons. The van der Waals surface area contributed by atoms with Gasteiger partial charge in [-0.05, 0) is 64.5 Å². The van der Waals surface area contributed by atoms with Crippen LogP contribution in [0.3, 0.4) is 0 Å². The smallest absolute Gasteiger partial charge is 0.199 e. The van der Waals surface area contributed by atoms with Gasteiger partial charge in [-0.25, -0.2) is 13.1 Å².